The van der Waals surface area contributed by atoms with E-state index in [0.717, 1.165) is 4.31 Å². The van der Waals surface area contributed by atoms with Crippen LogP contribution in [0.25, 0.3) is 0 Å². The average molecular weight is 440 g/mol. The molecule has 0 radical (unpaired) electrons. The minimum absolute atomic E-state index is 0.0194. The predicted octanol–water partition coefficient (Wildman–Crippen LogP) is 3.26. The Morgan fingerprint density at radius 2 is 1.58 bits per heavy atom. The van der Waals surface area contributed by atoms with Gasteiger partial charge in [0.25, 0.3) is 15.9 Å². The minimum Gasteiger partial charge on any atom is -0.505 e. The number of esters is 1. The Bertz CT molecular complexity index is 1210. The Labute approximate surface area is 179 Å². The molecule has 0 atom stereocenters. The maximum absolute atomic E-state index is 12.8. The van der Waals surface area contributed by atoms with Gasteiger partial charge in [-0.1, -0.05) is 24.3 Å². The molecule has 31 heavy (non-hydrogen) atoms. The van der Waals surface area contributed by atoms with E-state index in [9.17, 15) is 23.1 Å². The molecule has 0 aromatic heterocycles. The fourth-order valence-electron chi connectivity index (χ4n) is 2.83. The number of phenols is 1. The van der Waals surface area contributed by atoms with Gasteiger partial charge in [0.2, 0.25) is 0 Å². The number of carbonyl (C=O) groups is 2. The number of rotatable bonds is 6. The van der Waals surface area contributed by atoms with Gasteiger partial charge in [-0.3, -0.25) is 9.10 Å². The quantitative estimate of drug-likeness (QED) is 0.449. The SMILES string of the molecule is COC(=O)c1cccc(NC(=O)c2ccc(S(=O)(=O)N(C)c3ccccc3)cc2)c1O. The van der Waals surface area contributed by atoms with Crippen LogP contribution in [0.2, 0.25) is 0 Å². The van der Waals surface area contributed by atoms with Gasteiger partial charge in [0.05, 0.1) is 23.4 Å². The summed E-state index contributed by atoms with van der Waals surface area (Å²) in [6.45, 7) is 0. The number of amides is 1. The van der Waals surface area contributed by atoms with Crippen LogP contribution in [-0.4, -0.2) is 39.6 Å². The molecule has 9 heteroatoms. The highest BCUT2D eigenvalue weighted by Gasteiger charge is 2.22. The van der Waals surface area contributed by atoms with Gasteiger partial charge in [-0.2, -0.15) is 0 Å². The van der Waals surface area contributed by atoms with E-state index in [4.69, 9.17) is 0 Å². The summed E-state index contributed by atoms with van der Waals surface area (Å²) in [7, 11) is -1.18. The first-order valence-electron chi connectivity index (χ1n) is 9.11. The first-order valence-corrected chi connectivity index (χ1v) is 10.6. The highest BCUT2D eigenvalue weighted by atomic mass is 32.2. The third-order valence-electron chi connectivity index (χ3n) is 4.58. The predicted molar refractivity (Wildman–Crippen MR) is 116 cm³/mol. The molecule has 0 saturated heterocycles. The topological polar surface area (TPSA) is 113 Å². The van der Waals surface area contributed by atoms with Crippen molar-refractivity contribution in [3.8, 4) is 5.75 Å². The summed E-state index contributed by atoms with van der Waals surface area (Å²) < 4.78 is 31.4. The fourth-order valence-corrected chi connectivity index (χ4v) is 4.02. The smallest absolute Gasteiger partial charge is 0.341 e. The molecule has 0 heterocycles. The monoisotopic (exact) mass is 440 g/mol. The van der Waals surface area contributed by atoms with E-state index in [1.807, 2.05) is 0 Å². The van der Waals surface area contributed by atoms with Crippen molar-refractivity contribution in [1.29, 1.82) is 0 Å². The van der Waals surface area contributed by atoms with Crippen LogP contribution in [0, 0.1) is 0 Å². The van der Waals surface area contributed by atoms with Gasteiger partial charge in [0.15, 0.2) is 5.75 Å². The second-order valence-corrected chi connectivity index (χ2v) is 8.45. The van der Waals surface area contributed by atoms with Gasteiger partial charge in [-0.05, 0) is 48.5 Å². The molecule has 3 aromatic rings. The molecule has 3 rings (SSSR count). The summed E-state index contributed by atoms with van der Waals surface area (Å²) in [4.78, 5) is 24.2. The van der Waals surface area contributed by atoms with Crippen molar-refractivity contribution in [1.82, 2.24) is 0 Å². The van der Waals surface area contributed by atoms with Gasteiger partial charge in [0.1, 0.15) is 5.56 Å². The van der Waals surface area contributed by atoms with Crippen LogP contribution in [0.4, 0.5) is 11.4 Å². The molecule has 0 aliphatic carbocycles. The lowest BCUT2D eigenvalue weighted by Crippen LogP contribution is -2.26. The number of nitrogens with one attached hydrogen (secondary N) is 1. The summed E-state index contributed by atoms with van der Waals surface area (Å²) >= 11 is 0. The van der Waals surface area contributed by atoms with E-state index in [1.54, 1.807) is 30.3 Å². The number of para-hydroxylation sites is 2. The Kier molecular flexibility index (Phi) is 6.26. The molecular weight excluding hydrogens is 420 g/mol. The minimum atomic E-state index is -3.81. The Morgan fingerprint density at radius 1 is 0.935 bits per heavy atom. The first kappa shape index (κ1) is 21.8. The van der Waals surface area contributed by atoms with Gasteiger partial charge in [-0.25, -0.2) is 13.2 Å². The van der Waals surface area contributed by atoms with Crippen LogP contribution in [0.1, 0.15) is 20.7 Å². The molecule has 8 nitrogen and oxygen atoms in total. The maximum atomic E-state index is 12.8. The lowest BCUT2D eigenvalue weighted by Gasteiger charge is -2.19. The summed E-state index contributed by atoms with van der Waals surface area (Å²) in [5.74, 6) is -1.75. The molecule has 160 valence electrons. The number of anilines is 2. The summed E-state index contributed by atoms with van der Waals surface area (Å²) in [5.41, 5.74) is 0.605. The number of hydrogen-bond acceptors (Lipinski definition) is 6. The zero-order valence-corrected chi connectivity index (χ0v) is 17.6. The number of carbonyl (C=O) groups excluding carboxylic acids is 2. The van der Waals surface area contributed by atoms with Crippen LogP contribution in [0.3, 0.4) is 0 Å². The van der Waals surface area contributed by atoms with Crippen LogP contribution < -0.4 is 9.62 Å². The number of methoxy groups -OCH3 is 1. The molecular formula is C22H20N2O6S. The first-order chi connectivity index (χ1) is 14.8. The second kappa shape index (κ2) is 8.88. The van der Waals surface area contributed by atoms with Crippen molar-refractivity contribution in [3.63, 3.8) is 0 Å². The molecule has 0 fully saturated rings. The van der Waals surface area contributed by atoms with E-state index in [-0.39, 0.29) is 21.7 Å². The normalized spacial score (nSPS) is 10.9. The molecule has 0 bridgehead atoms. The number of aromatic hydroxyl groups is 1. The number of sulfonamides is 1. The summed E-state index contributed by atoms with van der Waals surface area (Å²) in [5, 5.41) is 12.7. The van der Waals surface area contributed by atoms with Crippen LogP contribution in [0.15, 0.2) is 77.7 Å². The van der Waals surface area contributed by atoms with Crippen molar-refractivity contribution in [2.24, 2.45) is 0 Å². The van der Waals surface area contributed by atoms with E-state index in [1.165, 1.54) is 56.6 Å². The molecule has 1 amide bonds. The number of nitrogens with zero attached hydrogens (tertiary/aromatic N) is 1. The Morgan fingerprint density at radius 3 is 2.19 bits per heavy atom. The van der Waals surface area contributed by atoms with Gasteiger partial charge >= 0.3 is 5.97 Å². The van der Waals surface area contributed by atoms with Crippen LogP contribution in [-0.2, 0) is 14.8 Å². The number of ether oxygens (including phenoxy) is 1. The number of hydrogen-bond donors (Lipinski definition) is 2. The second-order valence-electron chi connectivity index (χ2n) is 6.48. The lowest BCUT2D eigenvalue weighted by atomic mass is 10.1. The van der Waals surface area contributed by atoms with Crippen molar-refractivity contribution >= 4 is 33.3 Å². The van der Waals surface area contributed by atoms with Crippen molar-refractivity contribution in [2.75, 3.05) is 23.8 Å². The largest absolute Gasteiger partial charge is 0.505 e. The van der Waals surface area contributed by atoms with Gasteiger partial charge in [-0.15, -0.1) is 0 Å². The molecule has 0 aliphatic rings. The highest BCUT2D eigenvalue weighted by Crippen LogP contribution is 2.28. The third-order valence-corrected chi connectivity index (χ3v) is 6.38. The van der Waals surface area contributed by atoms with Crippen LogP contribution >= 0.6 is 0 Å². The third kappa shape index (κ3) is 4.51. The van der Waals surface area contributed by atoms with E-state index in [2.05, 4.69) is 10.1 Å². The molecule has 3 aromatic carbocycles. The van der Waals surface area contributed by atoms with Crippen LogP contribution in [0.5, 0.6) is 5.75 Å². The fraction of sp³-hybridized carbons (Fsp3) is 0.0909. The molecule has 0 saturated carbocycles. The number of benzene rings is 3. The van der Waals surface area contributed by atoms with Crippen molar-refractivity contribution < 1.29 is 27.9 Å². The van der Waals surface area contributed by atoms with Crippen molar-refractivity contribution in [2.45, 2.75) is 4.90 Å². The Hall–Kier alpha value is -3.85. The molecule has 0 unspecified atom stereocenters. The van der Waals surface area contributed by atoms with Crippen molar-refractivity contribution in [3.05, 3.63) is 83.9 Å². The Balaban J connectivity index is 1.80. The summed E-state index contributed by atoms with van der Waals surface area (Å²) in [6.07, 6.45) is 0. The number of phenolic OH excluding ortho intramolecular Hbond substituents is 1. The average Bonchev–Trinajstić information content (AvgIpc) is 2.80. The van der Waals surface area contributed by atoms with E-state index in [0.29, 0.717) is 5.69 Å². The van der Waals surface area contributed by atoms with Gasteiger partial charge < -0.3 is 15.2 Å². The van der Waals surface area contributed by atoms with E-state index >= 15 is 0 Å². The molecule has 0 aliphatic heterocycles. The molecule has 0 spiro atoms. The molecule has 2 N–H and O–H groups in total. The van der Waals surface area contributed by atoms with E-state index < -0.39 is 27.6 Å². The summed E-state index contributed by atoms with van der Waals surface area (Å²) in [6, 6.07) is 18.3. The maximum Gasteiger partial charge on any atom is 0.341 e. The standard InChI is InChI=1S/C22H20N2O6S/c1-24(16-7-4-3-5-8-16)31(28,29)17-13-11-15(12-14-17)21(26)23-19-10-6-9-18(20(19)25)22(27)30-2/h3-14,25H,1-2H3,(H,23,26). The zero-order chi connectivity index (χ0) is 22.6. The lowest BCUT2D eigenvalue weighted by molar-refractivity contribution is 0.0597. The van der Waals surface area contributed by atoms with Gasteiger partial charge in [0, 0.05) is 12.6 Å². The highest BCUT2D eigenvalue weighted by molar-refractivity contribution is 7.92. The zero-order valence-electron chi connectivity index (χ0n) is 16.8.